The quantitative estimate of drug-likeness (QED) is 0.652. The second-order valence-electron chi connectivity index (χ2n) is 3.45. The SMILES string of the molecule is C#CCc1c(Cl)nc(N)nc1-c1ccccc1. The number of hydrogen-bond donors (Lipinski definition) is 1. The summed E-state index contributed by atoms with van der Waals surface area (Å²) in [6.45, 7) is 0. The van der Waals surface area contributed by atoms with E-state index in [-0.39, 0.29) is 5.95 Å². The Kier molecular flexibility index (Phi) is 3.27. The number of nitrogens with zero attached hydrogens (tertiary/aromatic N) is 2. The summed E-state index contributed by atoms with van der Waals surface area (Å²) in [7, 11) is 0. The molecular weight excluding hydrogens is 234 g/mol. The molecule has 0 bridgehead atoms. The van der Waals surface area contributed by atoms with Gasteiger partial charge in [0.05, 0.1) is 5.69 Å². The molecule has 1 aromatic heterocycles. The van der Waals surface area contributed by atoms with Crippen LogP contribution in [0.5, 0.6) is 0 Å². The van der Waals surface area contributed by atoms with Crippen LogP contribution in [0.25, 0.3) is 11.3 Å². The summed E-state index contributed by atoms with van der Waals surface area (Å²) in [6.07, 6.45) is 5.70. The monoisotopic (exact) mass is 243 g/mol. The molecule has 0 fully saturated rings. The number of nitrogens with two attached hydrogens (primary N) is 1. The number of benzene rings is 1. The Hall–Kier alpha value is -2.05. The minimum absolute atomic E-state index is 0.148. The number of rotatable bonds is 2. The molecule has 0 saturated carbocycles. The number of aromatic nitrogens is 2. The third-order valence-electron chi connectivity index (χ3n) is 2.30. The van der Waals surface area contributed by atoms with Crippen molar-refractivity contribution in [2.24, 2.45) is 0 Å². The highest BCUT2D eigenvalue weighted by Crippen LogP contribution is 2.27. The fourth-order valence-electron chi connectivity index (χ4n) is 1.57. The maximum atomic E-state index is 6.04. The highest BCUT2D eigenvalue weighted by molar-refractivity contribution is 6.30. The van der Waals surface area contributed by atoms with Gasteiger partial charge in [-0.05, 0) is 0 Å². The molecule has 4 heteroatoms. The van der Waals surface area contributed by atoms with Gasteiger partial charge in [0.15, 0.2) is 0 Å². The summed E-state index contributed by atoms with van der Waals surface area (Å²) < 4.78 is 0. The van der Waals surface area contributed by atoms with Crippen molar-refractivity contribution in [3.05, 3.63) is 41.0 Å². The average molecular weight is 244 g/mol. The molecule has 17 heavy (non-hydrogen) atoms. The molecule has 2 rings (SSSR count). The number of hydrogen-bond acceptors (Lipinski definition) is 3. The first kappa shape index (κ1) is 11.4. The Morgan fingerprint density at radius 1 is 1.24 bits per heavy atom. The van der Waals surface area contributed by atoms with Crippen LogP contribution in [0.4, 0.5) is 5.95 Å². The fraction of sp³-hybridized carbons (Fsp3) is 0.0769. The largest absolute Gasteiger partial charge is 0.368 e. The lowest BCUT2D eigenvalue weighted by Crippen LogP contribution is -2.02. The Balaban J connectivity index is 2.64. The van der Waals surface area contributed by atoms with Gasteiger partial charge in [-0.3, -0.25) is 0 Å². The Morgan fingerprint density at radius 3 is 2.59 bits per heavy atom. The smallest absolute Gasteiger partial charge is 0.222 e. The Bertz CT molecular complexity index is 573. The number of terminal acetylenes is 1. The molecular formula is C13H10ClN3. The number of halogens is 1. The maximum absolute atomic E-state index is 6.04. The first-order valence-corrected chi connectivity index (χ1v) is 5.41. The van der Waals surface area contributed by atoms with Gasteiger partial charge >= 0.3 is 0 Å². The molecule has 0 unspecified atom stereocenters. The second-order valence-corrected chi connectivity index (χ2v) is 3.80. The van der Waals surface area contributed by atoms with Crippen molar-refractivity contribution in [1.82, 2.24) is 9.97 Å². The van der Waals surface area contributed by atoms with E-state index in [4.69, 9.17) is 23.8 Å². The lowest BCUT2D eigenvalue weighted by Gasteiger charge is -2.08. The zero-order chi connectivity index (χ0) is 12.3. The van der Waals surface area contributed by atoms with Gasteiger partial charge in [0, 0.05) is 17.5 Å². The average Bonchev–Trinajstić information content (AvgIpc) is 2.33. The topological polar surface area (TPSA) is 51.8 Å². The second kappa shape index (κ2) is 4.86. The van der Waals surface area contributed by atoms with Gasteiger partial charge in [0.2, 0.25) is 5.95 Å². The van der Waals surface area contributed by atoms with Gasteiger partial charge in [-0.2, -0.15) is 0 Å². The molecule has 3 nitrogen and oxygen atoms in total. The van der Waals surface area contributed by atoms with E-state index in [1.165, 1.54) is 0 Å². The summed E-state index contributed by atoms with van der Waals surface area (Å²) >= 11 is 6.04. The van der Waals surface area contributed by atoms with Gasteiger partial charge in [-0.25, -0.2) is 9.97 Å². The highest BCUT2D eigenvalue weighted by atomic mass is 35.5. The van der Waals surface area contributed by atoms with E-state index in [0.717, 1.165) is 11.1 Å². The first-order chi connectivity index (χ1) is 8.22. The number of nitrogen functional groups attached to an aromatic ring is 1. The normalized spacial score (nSPS) is 9.88. The van der Waals surface area contributed by atoms with Crippen molar-refractivity contribution < 1.29 is 0 Å². The van der Waals surface area contributed by atoms with Gasteiger partial charge in [0.1, 0.15) is 5.15 Å². The lowest BCUT2D eigenvalue weighted by molar-refractivity contribution is 1.12. The molecule has 2 N–H and O–H groups in total. The van der Waals surface area contributed by atoms with Crippen LogP contribution in [-0.4, -0.2) is 9.97 Å². The van der Waals surface area contributed by atoms with E-state index in [9.17, 15) is 0 Å². The van der Waals surface area contributed by atoms with Crippen molar-refractivity contribution in [2.75, 3.05) is 5.73 Å². The van der Waals surface area contributed by atoms with E-state index < -0.39 is 0 Å². The van der Waals surface area contributed by atoms with Crippen LogP contribution < -0.4 is 5.73 Å². The molecule has 0 aliphatic rings. The van der Waals surface area contributed by atoms with Crippen LogP contribution in [0, 0.1) is 12.3 Å². The maximum Gasteiger partial charge on any atom is 0.222 e. The zero-order valence-corrected chi connectivity index (χ0v) is 9.78. The standard InChI is InChI=1S/C13H10ClN3/c1-2-6-10-11(9-7-4-3-5-8-9)16-13(15)17-12(10)14/h1,3-5,7-8H,6H2,(H2,15,16,17). The van der Waals surface area contributed by atoms with Crippen LogP contribution in [-0.2, 0) is 6.42 Å². The van der Waals surface area contributed by atoms with Crippen molar-refractivity contribution in [2.45, 2.75) is 6.42 Å². The summed E-state index contributed by atoms with van der Waals surface area (Å²) in [6, 6.07) is 9.62. The van der Waals surface area contributed by atoms with Crippen LogP contribution in [0.15, 0.2) is 30.3 Å². The summed E-state index contributed by atoms with van der Waals surface area (Å²) in [5, 5.41) is 0.314. The van der Waals surface area contributed by atoms with Crippen molar-refractivity contribution >= 4 is 17.5 Å². The van der Waals surface area contributed by atoms with Gasteiger partial charge in [-0.1, -0.05) is 41.9 Å². The Morgan fingerprint density at radius 2 is 1.94 bits per heavy atom. The predicted molar refractivity (Wildman–Crippen MR) is 69.4 cm³/mol. The minimum Gasteiger partial charge on any atom is -0.368 e. The Labute approximate surface area is 105 Å². The van der Waals surface area contributed by atoms with E-state index in [2.05, 4.69) is 15.9 Å². The summed E-state index contributed by atoms with van der Waals surface area (Å²) in [5.41, 5.74) is 7.95. The molecule has 0 spiro atoms. The number of anilines is 1. The van der Waals surface area contributed by atoms with Crippen LogP contribution >= 0.6 is 11.6 Å². The molecule has 0 atom stereocenters. The highest BCUT2D eigenvalue weighted by Gasteiger charge is 2.12. The van der Waals surface area contributed by atoms with Crippen molar-refractivity contribution in [3.63, 3.8) is 0 Å². The van der Waals surface area contributed by atoms with Gasteiger partial charge < -0.3 is 5.73 Å². The molecule has 1 aromatic carbocycles. The zero-order valence-electron chi connectivity index (χ0n) is 9.02. The van der Waals surface area contributed by atoms with E-state index in [1.54, 1.807) is 0 Å². The molecule has 0 radical (unpaired) electrons. The van der Waals surface area contributed by atoms with Crippen molar-refractivity contribution in [1.29, 1.82) is 0 Å². The van der Waals surface area contributed by atoms with E-state index >= 15 is 0 Å². The summed E-state index contributed by atoms with van der Waals surface area (Å²) in [5.74, 6) is 2.70. The summed E-state index contributed by atoms with van der Waals surface area (Å²) in [4.78, 5) is 8.12. The molecule has 0 aliphatic heterocycles. The van der Waals surface area contributed by atoms with Crippen molar-refractivity contribution in [3.8, 4) is 23.6 Å². The van der Waals surface area contributed by atoms with Crippen LogP contribution in [0.2, 0.25) is 5.15 Å². The van der Waals surface area contributed by atoms with E-state index in [0.29, 0.717) is 17.3 Å². The minimum atomic E-state index is 0.148. The molecule has 84 valence electrons. The van der Waals surface area contributed by atoms with Crippen LogP contribution in [0.1, 0.15) is 5.56 Å². The predicted octanol–water partition coefficient (Wildman–Crippen LogP) is 2.55. The third kappa shape index (κ3) is 2.38. The fourth-order valence-corrected chi connectivity index (χ4v) is 1.81. The van der Waals surface area contributed by atoms with Gasteiger partial charge in [-0.15, -0.1) is 12.3 Å². The molecule has 1 heterocycles. The molecule has 2 aromatic rings. The molecule has 0 saturated heterocycles. The molecule has 0 aliphatic carbocycles. The van der Waals surface area contributed by atoms with E-state index in [1.807, 2.05) is 30.3 Å². The lowest BCUT2D eigenvalue weighted by atomic mass is 10.1. The van der Waals surface area contributed by atoms with Gasteiger partial charge in [0.25, 0.3) is 0 Å². The third-order valence-corrected chi connectivity index (χ3v) is 2.61. The van der Waals surface area contributed by atoms with Crippen LogP contribution in [0.3, 0.4) is 0 Å². The first-order valence-electron chi connectivity index (χ1n) is 5.03. The molecule has 0 amide bonds.